The van der Waals surface area contributed by atoms with Crippen LogP contribution in [0.25, 0.3) is 0 Å². The number of hydrogen-bond acceptors (Lipinski definition) is 2. The van der Waals surface area contributed by atoms with Crippen molar-refractivity contribution in [3.8, 4) is 0 Å². The highest BCUT2D eigenvalue weighted by Crippen LogP contribution is 2.17. The Morgan fingerprint density at radius 2 is 2.00 bits per heavy atom. The third kappa shape index (κ3) is 4.21. The smallest absolute Gasteiger partial charge is 0.319 e. The lowest BCUT2D eigenvalue weighted by atomic mass is 9.96. The van der Waals surface area contributed by atoms with Crippen molar-refractivity contribution in [1.29, 1.82) is 0 Å². The van der Waals surface area contributed by atoms with Gasteiger partial charge in [0.25, 0.3) is 0 Å². The van der Waals surface area contributed by atoms with Gasteiger partial charge < -0.3 is 16.4 Å². The van der Waals surface area contributed by atoms with Crippen molar-refractivity contribution in [3.63, 3.8) is 0 Å². The van der Waals surface area contributed by atoms with E-state index in [0.717, 1.165) is 18.4 Å². The number of nitrogens with two attached hydrogens (primary N) is 1. The topological polar surface area (TPSA) is 67.1 Å². The third-order valence-electron chi connectivity index (χ3n) is 3.35. The van der Waals surface area contributed by atoms with Crippen LogP contribution in [0.2, 0.25) is 0 Å². The second-order valence-corrected chi connectivity index (χ2v) is 5.32. The fourth-order valence-electron chi connectivity index (χ4n) is 2.35. The molecule has 0 atom stereocenters. The minimum Gasteiger partial charge on any atom is -0.389 e. The maximum absolute atomic E-state index is 11.9. The quantitative estimate of drug-likeness (QED) is 0.744. The highest BCUT2D eigenvalue weighted by atomic mass is 32.1. The van der Waals surface area contributed by atoms with Gasteiger partial charge in [-0.15, -0.1) is 0 Å². The predicted octanol–water partition coefficient (Wildman–Crippen LogP) is 2.78. The van der Waals surface area contributed by atoms with Gasteiger partial charge in [0.05, 0.1) is 0 Å². The molecule has 4 nitrogen and oxygen atoms in total. The summed E-state index contributed by atoms with van der Waals surface area (Å²) in [6.45, 7) is 0. The van der Waals surface area contributed by atoms with Gasteiger partial charge in [-0.2, -0.15) is 0 Å². The summed E-state index contributed by atoms with van der Waals surface area (Å²) in [6, 6.07) is 7.39. The second-order valence-electron chi connectivity index (χ2n) is 4.88. The first-order valence-corrected chi connectivity index (χ1v) is 7.03. The maximum atomic E-state index is 11.9. The Morgan fingerprint density at radius 3 is 2.68 bits per heavy atom. The van der Waals surface area contributed by atoms with E-state index in [2.05, 4.69) is 10.6 Å². The zero-order valence-electron chi connectivity index (χ0n) is 10.8. The van der Waals surface area contributed by atoms with E-state index in [9.17, 15) is 4.79 Å². The highest BCUT2D eigenvalue weighted by molar-refractivity contribution is 7.80. The number of carbonyl (C=O) groups excluding carboxylic acids is 1. The Balaban J connectivity index is 1.90. The summed E-state index contributed by atoms with van der Waals surface area (Å²) in [4.78, 5) is 12.2. The van der Waals surface area contributed by atoms with E-state index in [-0.39, 0.29) is 6.03 Å². The third-order valence-corrected chi connectivity index (χ3v) is 3.58. The number of benzene rings is 1. The van der Waals surface area contributed by atoms with Crippen LogP contribution in [0.4, 0.5) is 10.5 Å². The Morgan fingerprint density at radius 1 is 1.26 bits per heavy atom. The first kappa shape index (κ1) is 13.8. The molecule has 1 aromatic carbocycles. The molecule has 1 aliphatic carbocycles. The molecule has 0 unspecified atom stereocenters. The van der Waals surface area contributed by atoms with Crippen molar-refractivity contribution >= 4 is 28.9 Å². The van der Waals surface area contributed by atoms with Crippen LogP contribution in [-0.2, 0) is 0 Å². The average molecular weight is 277 g/mol. The van der Waals surface area contributed by atoms with Gasteiger partial charge in [0, 0.05) is 17.3 Å². The lowest BCUT2D eigenvalue weighted by molar-refractivity contribution is 0.244. The van der Waals surface area contributed by atoms with E-state index in [1.807, 2.05) is 18.2 Å². The number of carbonyl (C=O) groups is 1. The number of thiocarbonyl (C=S) groups is 1. The Kier molecular flexibility index (Phi) is 4.74. The van der Waals surface area contributed by atoms with Crippen LogP contribution in [0.3, 0.4) is 0 Å². The zero-order valence-corrected chi connectivity index (χ0v) is 11.6. The van der Waals surface area contributed by atoms with Crippen molar-refractivity contribution in [3.05, 3.63) is 29.8 Å². The molecule has 102 valence electrons. The number of nitrogens with one attached hydrogen (secondary N) is 2. The van der Waals surface area contributed by atoms with Crippen LogP contribution >= 0.6 is 12.2 Å². The van der Waals surface area contributed by atoms with Crippen molar-refractivity contribution < 1.29 is 4.79 Å². The van der Waals surface area contributed by atoms with E-state index in [0.29, 0.717) is 16.7 Å². The van der Waals surface area contributed by atoms with Crippen LogP contribution in [0.1, 0.15) is 37.7 Å². The van der Waals surface area contributed by atoms with Crippen LogP contribution in [0.15, 0.2) is 24.3 Å². The molecule has 1 aromatic rings. The van der Waals surface area contributed by atoms with E-state index in [1.165, 1.54) is 19.3 Å². The number of amides is 2. The summed E-state index contributed by atoms with van der Waals surface area (Å²) >= 11 is 4.92. The van der Waals surface area contributed by atoms with E-state index in [4.69, 9.17) is 18.0 Å². The molecule has 1 fully saturated rings. The van der Waals surface area contributed by atoms with Crippen LogP contribution in [0.5, 0.6) is 0 Å². The number of rotatable bonds is 3. The number of anilines is 1. The van der Waals surface area contributed by atoms with Crippen LogP contribution in [-0.4, -0.2) is 17.1 Å². The zero-order chi connectivity index (χ0) is 13.7. The summed E-state index contributed by atoms with van der Waals surface area (Å²) in [5, 5.41) is 5.82. The molecule has 4 N–H and O–H groups in total. The molecule has 0 bridgehead atoms. The summed E-state index contributed by atoms with van der Waals surface area (Å²) in [7, 11) is 0. The summed E-state index contributed by atoms with van der Waals surface area (Å²) < 4.78 is 0. The van der Waals surface area contributed by atoms with Gasteiger partial charge in [-0.25, -0.2) is 4.79 Å². The van der Waals surface area contributed by atoms with Gasteiger partial charge in [-0.3, -0.25) is 0 Å². The van der Waals surface area contributed by atoms with Crippen molar-refractivity contribution in [2.45, 2.75) is 38.1 Å². The monoisotopic (exact) mass is 277 g/mol. The Labute approximate surface area is 118 Å². The fourth-order valence-corrected chi connectivity index (χ4v) is 2.48. The Hall–Kier alpha value is -1.62. The number of urea groups is 1. The average Bonchev–Trinajstić information content (AvgIpc) is 2.40. The lowest BCUT2D eigenvalue weighted by Crippen LogP contribution is -2.39. The van der Waals surface area contributed by atoms with Gasteiger partial charge in [0.2, 0.25) is 0 Å². The van der Waals surface area contributed by atoms with Crippen molar-refractivity contribution in [2.75, 3.05) is 5.32 Å². The highest BCUT2D eigenvalue weighted by Gasteiger charge is 2.15. The normalized spacial score (nSPS) is 15.8. The largest absolute Gasteiger partial charge is 0.389 e. The first-order chi connectivity index (χ1) is 9.15. The van der Waals surface area contributed by atoms with E-state index < -0.39 is 0 Å². The molecule has 1 aliphatic rings. The van der Waals surface area contributed by atoms with E-state index in [1.54, 1.807) is 6.07 Å². The molecule has 2 amide bonds. The maximum Gasteiger partial charge on any atom is 0.319 e. The van der Waals surface area contributed by atoms with Crippen LogP contribution in [0, 0.1) is 0 Å². The fraction of sp³-hybridized carbons (Fsp3) is 0.429. The molecule has 19 heavy (non-hydrogen) atoms. The minimum atomic E-state index is -0.160. The Bertz CT molecular complexity index is 470. The molecular formula is C14H19N3OS. The van der Waals surface area contributed by atoms with Gasteiger partial charge in [0.15, 0.2) is 0 Å². The van der Waals surface area contributed by atoms with Gasteiger partial charge >= 0.3 is 6.03 Å². The van der Waals surface area contributed by atoms with Gasteiger partial charge in [0.1, 0.15) is 4.99 Å². The standard InChI is InChI=1S/C14H19N3OS/c15-13(19)10-5-4-8-12(9-10)17-14(18)16-11-6-2-1-3-7-11/h4-5,8-9,11H,1-3,6-7H2,(H2,15,19)(H2,16,17,18). The molecule has 0 aliphatic heterocycles. The van der Waals surface area contributed by atoms with Crippen molar-refractivity contribution in [2.24, 2.45) is 5.73 Å². The molecule has 2 rings (SSSR count). The molecule has 0 heterocycles. The molecule has 0 spiro atoms. The summed E-state index contributed by atoms with van der Waals surface area (Å²) in [5.41, 5.74) is 7.03. The molecule has 1 saturated carbocycles. The molecule has 0 saturated heterocycles. The van der Waals surface area contributed by atoms with Crippen molar-refractivity contribution in [1.82, 2.24) is 5.32 Å². The summed E-state index contributed by atoms with van der Waals surface area (Å²) in [5.74, 6) is 0. The minimum absolute atomic E-state index is 0.160. The SMILES string of the molecule is NC(=S)c1cccc(NC(=O)NC2CCCCC2)c1. The predicted molar refractivity (Wildman–Crippen MR) is 81.4 cm³/mol. The summed E-state index contributed by atoms with van der Waals surface area (Å²) in [6.07, 6.45) is 5.81. The lowest BCUT2D eigenvalue weighted by Gasteiger charge is -2.22. The van der Waals surface area contributed by atoms with Gasteiger partial charge in [-0.05, 0) is 25.0 Å². The van der Waals surface area contributed by atoms with Crippen LogP contribution < -0.4 is 16.4 Å². The van der Waals surface area contributed by atoms with E-state index >= 15 is 0 Å². The molecule has 0 aromatic heterocycles. The first-order valence-electron chi connectivity index (χ1n) is 6.62. The molecule has 5 heteroatoms. The second kappa shape index (κ2) is 6.52. The molecular weight excluding hydrogens is 258 g/mol. The molecule has 0 radical (unpaired) electrons. The van der Waals surface area contributed by atoms with Gasteiger partial charge in [-0.1, -0.05) is 43.6 Å². The number of hydrogen-bond donors (Lipinski definition) is 3.